The Bertz CT molecular complexity index is 516. The van der Waals surface area contributed by atoms with Crippen LogP contribution in [0.15, 0.2) is 37.1 Å². The molecule has 0 aliphatic heterocycles. The van der Waals surface area contributed by atoms with Crippen LogP contribution in [0.5, 0.6) is 0 Å². The largest absolute Gasteiger partial charge is 0.405 e. The van der Waals surface area contributed by atoms with Gasteiger partial charge in [-0.1, -0.05) is 24.8 Å². The number of hydrogen-bond donors (Lipinski definition) is 1. The SMILES string of the molecule is C=C(/C=C\C=C/N)c1nc2c(n1C)C=CCC2. The zero-order valence-corrected chi connectivity index (χ0v) is 10.1. The molecule has 0 bridgehead atoms. The second-order valence-electron chi connectivity index (χ2n) is 4.04. The van der Waals surface area contributed by atoms with Crippen molar-refractivity contribution in [3.63, 3.8) is 0 Å². The van der Waals surface area contributed by atoms with E-state index >= 15 is 0 Å². The number of fused-ring (bicyclic) bond motifs is 1. The van der Waals surface area contributed by atoms with E-state index in [0.717, 1.165) is 29.9 Å². The van der Waals surface area contributed by atoms with Gasteiger partial charge in [0.15, 0.2) is 0 Å². The van der Waals surface area contributed by atoms with Crippen LogP contribution in [-0.4, -0.2) is 9.55 Å². The molecule has 0 unspecified atom stereocenters. The van der Waals surface area contributed by atoms with Crippen LogP contribution in [0.25, 0.3) is 11.6 Å². The van der Waals surface area contributed by atoms with Gasteiger partial charge in [0.25, 0.3) is 0 Å². The average Bonchev–Trinajstić information content (AvgIpc) is 2.68. The maximum Gasteiger partial charge on any atom is 0.139 e. The summed E-state index contributed by atoms with van der Waals surface area (Å²) in [6.45, 7) is 4.03. The van der Waals surface area contributed by atoms with Crippen LogP contribution in [0.1, 0.15) is 23.6 Å². The van der Waals surface area contributed by atoms with Crippen LogP contribution < -0.4 is 5.73 Å². The summed E-state index contributed by atoms with van der Waals surface area (Å²) >= 11 is 0. The minimum absolute atomic E-state index is 0.897. The number of rotatable bonds is 3. The Hall–Kier alpha value is -2.03. The lowest BCUT2D eigenvalue weighted by Crippen LogP contribution is -1.99. The molecule has 17 heavy (non-hydrogen) atoms. The molecule has 0 atom stereocenters. The molecule has 0 aromatic carbocycles. The first-order valence-electron chi connectivity index (χ1n) is 5.70. The van der Waals surface area contributed by atoms with E-state index in [1.54, 1.807) is 6.08 Å². The summed E-state index contributed by atoms with van der Waals surface area (Å²) in [5.41, 5.74) is 8.52. The smallest absolute Gasteiger partial charge is 0.139 e. The van der Waals surface area contributed by atoms with Crippen molar-refractivity contribution in [2.45, 2.75) is 12.8 Å². The predicted molar refractivity (Wildman–Crippen MR) is 72.1 cm³/mol. The third-order valence-corrected chi connectivity index (χ3v) is 2.85. The average molecular weight is 227 g/mol. The van der Waals surface area contributed by atoms with Crippen LogP contribution in [0.4, 0.5) is 0 Å². The Morgan fingerprint density at radius 3 is 3.06 bits per heavy atom. The van der Waals surface area contributed by atoms with E-state index in [1.807, 2.05) is 19.2 Å². The van der Waals surface area contributed by atoms with E-state index in [1.165, 1.54) is 11.9 Å². The number of nitrogens with zero attached hydrogens (tertiary/aromatic N) is 2. The predicted octanol–water partition coefficient (Wildman–Crippen LogP) is 2.42. The highest BCUT2D eigenvalue weighted by molar-refractivity contribution is 5.70. The summed E-state index contributed by atoms with van der Waals surface area (Å²) in [6.07, 6.45) is 13.5. The molecule has 0 amide bonds. The standard InChI is InChI=1S/C14H17N3/c1-11(7-5-6-10-15)14-16-12-8-3-4-9-13(12)17(14)2/h4-7,9-10H,1,3,8,15H2,2H3/b7-5-,10-6-. The normalized spacial score (nSPS) is 14.6. The fourth-order valence-corrected chi connectivity index (χ4v) is 1.97. The van der Waals surface area contributed by atoms with Gasteiger partial charge >= 0.3 is 0 Å². The minimum atomic E-state index is 0.897. The van der Waals surface area contributed by atoms with Crippen LogP contribution in [0.3, 0.4) is 0 Å². The maximum absolute atomic E-state index is 5.27. The molecule has 1 aliphatic rings. The quantitative estimate of drug-likeness (QED) is 0.806. The molecule has 1 heterocycles. The highest BCUT2D eigenvalue weighted by atomic mass is 15.1. The Labute approximate surface area is 102 Å². The van der Waals surface area contributed by atoms with E-state index in [-0.39, 0.29) is 0 Å². The lowest BCUT2D eigenvalue weighted by atomic mass is 10.1. The van der Waals surface area contributed by atoms with Crippen LogP contribution in [-0.2, 0) is 13.5 Å². The molecule has 88 valence electrons. The highest BCUT2D eigenvalue weighted by Gasteiger charge is 2.15. The van der Waals surface area contributed by atoms with Gasteiger partial charge in [0.1, 0.15) is 5.82 Å². The molecular formula is C14H17N3. The summed E-state index contributed by atoms with van der Waals surface area (Å²) in [7, 11) is 2.02. The van der Waals surface area contributed by atoms with E-state index in [2.05, 4.69) is 28.3 Å². The van der Waals surface area contributed by atoms with Crippen molar-refractivity contribution in [1.29, 1.82) is 0 Å². The van der Waals surface area contributed by atoms with Crippen LogP contribution in [0.2, 0.25) is 0 Å². The summed E-state index contributed by atoms with van der Waals surface area (Å²) in [5.74, 6) is 0.920. The number of aromatic nitrogens is 2. The Balaban J connectivity index is 2.31. The van der Waals surface area contributed by atoms with Crippen LogP contribution in [0, 0.1) is 0 Å². The van der Waals surface area contributed by atoms with Crippen molar-refractivity contribution in [1.82, 2.24) is 9.55 Å². The van der Waals surface area contributed by atoms with Crippen molar-refractivity contribution in [2.24, 2.45) is 12.8 Å². The van der Waals surface area contributed by atoms with E-state index in [9.17, 15) is 0 Å². The van der Waals surface area contributed by atoms with Crippen LogP contribution >= 0.6 is 0 Å². The Kier molecular flexibility index (Phi) is 3.28. The number of hydrogen-bond acceptors (Lipinski definition) is 2. The third-order valence-electron chi connectivity index (χ3n) is 2.85. The Morgan fingerprint density at radius 1 is 1.53 bits per heavy atom. The molecule has 1 aliphatic carbocycles. The summed E-state index contributed by atoms with van der Waals surface area (Å²) < 4.78 is 2.09. The molecule has 3 heteroatoms. The molecule has 0 radical (unpaired) electrons. The third kappa shape index (κ3) is 2.23. The molecule has 1 aromatic heterocycles. The highest BCUT2D eigenvalue weighted by Crippen LogP contribution is 2.23. The minimum Gasteiger partial charge on any atom is -0.405 e. The van der Waals surface area contributed by atoms with Gasteiger partial charge in [0.05, 0.1) is 11.4 Å². The first kappa shape index (κ1) is 11.5. The monoisotopic (exact) mass is 227 g/mol. The van der Waals surface area contributed by atoms with Crippen molar-refractivity contribution < 1.29 is 0 Å². The van der Waals surface area contributed by atoms with Gasteiger partial charge in [0, 0.05) is 12.6 Å². The van der Waals surface area contributed by atoms with Crippen molar-refractivity contribution in [2.75, 3.05) is 0 Å². The summed E-state index contributed by atoms with van der Waals surface area (Å²) in [5, 5.41) is 0. The van der Waals surface area contributed by atoms with Gasteiger partial charge in [-0.15, -0.1) is 0 Å². The van der Waals surface area contributed by atoms with Gasteiger partial charge in [-0.05, 0) is 31.2 Å². The van der Waals surface area contributed by atoms with Gasteiger partial charge < -0.3 is 10.3 Å². The number of nitrogens with two attached hydrogens (primary N) is 1. The fourth-order valence-electron chi connectivity index (χ4n) is 1.97. The molecule has 1 aromatic rings. The maximum atomic E-state index is 5.27. The van der Waals surface area contributed by atoms with Gasteiger partial charge in [-0.2, -0.15) is 0 Å². The summed E-state index contributed by atoms with van der Waals surface area (Å²) in [6, 6.07) is 0. The fraction of sp³-hybridized carbons (Fsp3) is 0.214. The zero-order chi connectivity index (χ0) is 12.3. The molecule has 0 saturated heterocycles. The van der Waals surface area contributed by atoms with Crippen molar-refractivity contribution in [3.8, 4) is 0 Å². The Morgan fingerprint density at radius 2 is 2.35 bits per heavy atom. The first-order valence-corrected chi connectivity index (χ1v) is 5.70. The van der Waals surface area contributed by atoms with Gasteiger partial charge in [-0.25, -0.2) is 4.98 Å². The summed E-state index contributed by atoms with van der Waals surface area (Å²) in [4.78, 5) is 4.63. The second kappa shape index (κ2) is 4.87. The molecule has 2 N–H and O–H groups in total. The topological polar surface area (TPSA) is 43.8 Å². The molecule has 2 rings (SSSR count). The molecular weight excluding hydrogens is 210 g/mol. The van der Waals surface area contributed by atoms with Gasteiger partial charge in [0.2, 0.25) is 0 Å². The molecule has 0 saturated carbocycles. The van der Waals surface area contributed by atoms with E-state index < -0.39 is 0 Å². The lowest BCUT2D eigenvalue weighted by molar-refractivity contribution is 0.873. The molecule has 0 fully saturated rings. The number of aryl methyl sites for hydroxylation is 1. The number of allylic oxidation sites excluding steroid dienone is 5. The molecule has 0 spiro atoms. The van der Waals surface area contributed by atoms with E-state index in [0.29, 0.717) is 0 Å². The van der Waals surface area contributed by atoms with E-state index in [4.69, 9.17) is 5.73 Å². The van der Waals surface area contributed by atoms with Crippen molar-refractivity contribution in [3.05, 3.63) is 54.3 Å². The second-order valence-corrected chi connectivity index (χ2v) is 4.04. The number of imidazole rings is 1. The molecule has 3 nitrogen and oxygen atoms in total. The van der Waals surface area contributed by atoms with Gasteiger partial charge in [-0.3, -0.25) is 0 Å². The lowest BCUT2D eigenvalue weighted by Gasteiger charge is -2.05. The zero-order valence-electron chi connectivity index (χ0n) is 10.1. The van der Waals surface area contributed by atoms with Crippen molar-refractivity contribution >= 4 is 11.6 Å². The first-order chi connectivity index (χ1) is 8.24.